The molecule has 3 rings (SSSR count). The van der Waals surface area contributed by atoms with Crippen LogP contribution < -0.4 is 0 Å². The Morgan fingerprint density at radius 3 is 2.50 bits per heavy atom. The SMILES string of the molecule is CN(C(=O)c1ccc(F)cc1)C(CN1CC(O)C1)C1CCC1. The van der Waals surface area contributed by atoms with Crippen molar-refractivity contribution in [2.24, 2.45) is 5.92 Å². The van der Waals surface area contributed by atoms with Gasteiger partial charge in [-0.25, -0.2) is 4.39 Å². The van der Waals surface area contributed by atoms with E-state index in [1.54, 1.807) is 12.1 Å². The predicted molar refractivity (Wildman–Crippen MR) is 82.1 cm³/mol. The Labute approximate surface area is 130 Å². The Bertz CT molecular complexity index is 524. The van der Waals surface area contributed by atoms with Crippen LogP contribution >= 0.6 is 0 Å². The number of hydrogen-bond donors (Lipinski definition) is 1. The summed E-state index contributed by atoms with van der Waals surface area (Å²) < 4.78 is 13.0. The third-order valence-corrected chi connectivity index (χ3v) is 4.99. The second kappa shape index (κ2) is 6.34. The molecule has 22 heavy (non-hydrogen) atoms. The number of hydrogen-bond acceptors (Lipinski definition) is 3. The van der Waals surface area contributed by atoms with Crippen molar-refractivity contribution in [2.75, 3.05) is 26.7 Å². The first-order valence-corrected chi connectivity index (χ1v) is 7.97. The smallest absolute Gasteiger partial charge is 0.253 e. The third-order valence-electron chi connectivity index (χ3n) is 4.99. The minimum atomic E-state index is -0.329. The molecule has 2 fully saturated rings. The van der Waals surface area contributed by atoms with Crippen LogP contribution in [0.5, 0.6) is 0 Å². The monoisotopic (exact) mass is 306 g/mol. The Morgan fingerprint density at radius 1 is 1.36 bits per heavy atom. The molecule has 1 unspecified atom stereocenters. The topological polar surface area (TPSA) is 43.8 Å². The molecule has 0 radical (unpaired) electrons. The van der Waals surface area contributed by atoms with E-state index in [1.165, 1.54) is 18.6 Å². The molecule has 1 amide bonds. The lowest BCUT2D eigenvalue weighted by Gasteiger charge is -2.45. The zero-order valence-corrected chi connectivity index (χ0v) is 12.9. The Kier molecular flexibility index (Phi) is 4.45. The van der Waals surface area contributed by atoms with Gasteiger partial charge in [-0.15, -0.1) is 0 Å². The van der Waals surface area contributed by atoms with Crippen LogP contribution in [0.15, 0.2) is 24.3 Å². The van der Waals surface area contributed by atoms with E-state index >= 15 is 0 Å². The third kappa shape index (κ3) is 3.15. The molecule has 4 nitrogen and oxygen atoms in total. The summed E-state index contributed by atoms with van der Waals surface area (Å²) >= 11 is 0. The van der Waals surface area contributed by atoms with Gasteiger partial charge in [0.2, 0.25) is 0 Å². The lowest BCUT2D eigenvalue weighted by atomic mass is 9.78. The van der Waals surface area contributed by atoms with Gasteiger partial charge in [0.1, 0.15) is 5.82 Å². The van der Waals surface area contributed by atoms with E-state index in [1.807, 2.05) is 11.9 Å². The average Bonchev–Trinajstić information content (AvgIpc) is 2.42. The molecule has 1 N–H and O–H groups in total. The molecule has 1 aliphatic heterocycles. The number of carbonyl (C=O) groups is 1. The molecule has 1 saturated heterocycles. The van der Waals surface area contributed by atoms with Crippen LogP contribution in [0.1, 0.15) is 29.6 Å². The zero-order chi connectivity index (χ0) is 15.7. The summed E-state index contributed by atoms with van der Waals surface area (Å²) in [5.74, 6) is 0.148. The molecule has 1 aromatic carbocycles. The van der Waals surface area contributed by atoms with Gasteiger partial charge in [0.05, 0.1) is 6.10 Å². The first kappa shape index (κ1) is 15.4. The van der Waals surface area contributed by atoms with Crippen molar-refractivity contribution in [1.29, 1.82) is 0 Å². The number of β-amino-alcohol motifs (C(OH)–C–C–N with tert-alkyl or cyclic N) is 1. The van der Waals surface area contributed by atoms with Crippen molar-refractivity contribution < 1.29 is 14.3 Å². The van der Waals surface area contributed by atoms with Gasteiger partial charge in [0.25, 0.3) is 5.91 Å². The lowest BCUT2D eigenvalue weighted by molar-refractivity contribution is -0.0223. The minimum absolute atomic E-state index is 0.0574. The van der Waals surface area contributed by atoms with E-state index in [4.69, 9.17) is 0 Å². The average molecular weight is 306 g/mol. The van der Waals surface area contributed by atoms with Crippen molar-refractivity contribution >= 4 is 5.91 Å². The molecular formula is C17H23FN2O2. The summed E-state index contributed by atoms with van der Waals surface area (Å²) in [5.41, 5.74) is 0.525. The van der Waals surface area contributed by atoms with Crippen LogP contribution in [0.2, 0.25) is 0 Å². The Morgan fingerprint density at radius 2 is 2.00 bits per heavy atom. The van der Waals surface area contributed by atoms with Crippen molar-refractivity contribution in [2.45, 2.75) is 31.4 Å². The highest BCUT2D eigenvalue weighted by molar-refractivity contribution is 5.94. The summed E-state index contributed by atoms with van der Waals surface area (Å²) in [6.07, 6.45) is 3.31. The van der Waals surface area contributed by atoms with Crippen LogP contribution in [0, 0.1) is 11.7 Å². The standard InChI is InChI=1S/C17H23FN2O2/c1-19(17(22)13-5-7-14(18)8-6-13)16(12-3-2-4-12)11-20-9-15(21)10-20/h5-8,12,15-16,21H,2-4,9-11H2,1H3. The molecule has 2 aliphatic rings. The molecule has 1 atom stereocenters. The molecule has 1 heterocycles. The molecule has 0 spiro atoms. The second-order valence-electron chi connectivity index (χ2n) is 6.55. The summed E-state index contributed by atoms with van der Waals surface area (Å²) in [5, 5.41) is 9.44. The van der Waals surface area contributed by atoms with E-state index in [0.717, 1.165) is 19.4 Å². The minimum Gasteiger partial charge on any atom is -0.390 e. The fourth-order valence-electron chi connectivity index (χ4n) is 3.32. The van der Waals surface area contributed by atoms with E-state index in [0.29, 0.717) is 24.6 Å². The molecular weight excluding hydrogens is 283 g/mol. The van der Waals surface area contributed by atoms with Gasteiger partial charge in [-0.3, -0.25) is 9.69 Å². The lowest BCUT2D eigenvalue weighted by Crippen LogP contribution is -2.58. The summed E-state index contributed by atoms with van der Waals surface area (Å²) in [7, 11) is 1.84. The first-order valence-electron chi connectivity index (χ1n) is 7.97. The molecule has 0 bridgehead atoms. The van der Waals surface area contributed by atoms with Gasteiger partial charge < -0.3 is 10.0 Å². The van der Waals surface area contributed by atoms with E-state index < -0.39 is 0 Å². The van der Waals surface area contributed by atoms with E-state index in [2.05, 4.69) is 4.90 Å². The quantitative estimate of drug-likeness (QED) is 0.901. The number of carbonyl (C=O) groups excluding carboxylic acids is 1. The van der Waals surface area contributed by atoms with Gasteiger partial charge in [-0.1, -0.05) is 6.42 Å². The maximum Gasteiger partial charge on any atom is 0.253 e. The molecule has 120 valence electrons. The highest BCUT2D eigenvalue weighted by Gasteiger charge is 2.36. The number of rotatable bonds is 5. The number of aliphatic hydroxyl groups excluding tert-OH is 1. The van der Waals surface area contributed by atoms with Crippen LogP contribution in [0.25, 0.3) is 0 Å². The number of likely N-dealkylation sites (tertiary alicyclic amines) is 1. The number of benzene rings is 1. The molecule has 1 saturated carbocycles. The normalized spacial score (nSPS) is 21.0. The first-order chi connectivity index (χ1) is 10.5. The van der Waals surface area contributed by atoms with Crippen LogP contribution in [-0.2, 0) is 0 Å². The van der Waals surface area contributed by atoms with Gasteiger partial charge in [0.15, 0.2) is 0 Å². The predicted octanol–water partition coefficient (Wildman–Crippen LogP) is 1.74. The van der Waals surface area contributed by atoms with Gasteiger partial charge >= 0.3 is 0 Å². The van der Waals surface area contributed by atoms with Crippen molar-refractivity contribution in [1.82, 2.24) is 9.80 Å². The summed E-state index contributed by atoms with van der Waals surface area (Å²) in [6.45, 7) is 2.20. The molecule has 0 aromatic heterocycles. The van der Waals surface area contributed by atoms with E-state index in [-0.39, 0.29) is 23.9 Å². The fourth-order valence-corrected chi connectivity index (χ4v) is 3.32. The van der Waals surface area contributed by atoms with Crippen molar-refractivity contribution in [3.63, 3.8) is 0 Å². The zero-order valence-electron chi connectivity index (χ0n) is 12.9. The van der Waals surface area contributed by atoms with E-state index in [9.17, 15) is 14.3 Å². The number of nitrogens with zero attached hydrogens (tertiary/aromatic N) is 2. The maximum atomic E-state index is 13.0. The molecule has 1 aliphatic carbocycles. The van der Waals surface area contributed by atoms with Crippen LogP contribution in [0.3, 0.4) is 0 Å². The summed E-state index contributed by atoms with van der Waals surface area (Å²) in [4.78, 5) is 16.6. The number of amides is 1. The van der Waals surface area contributed by atoms with Crippen LogP contribution in [-0.4, -0.2) is 59.6 Å². The van der Waals surface area contributed by atoms with Crippen molar-refractivity contribution in [3.05, 3.63) is 35.6 Å². The molecule has 5 heteroatoms. The largest absolute Gasteiger partial charge is 0.390 e. The highest BCUT2D eigenvalue weighted by atomic mass is 19.1. The summed E-state index contributed by atoms with van der Waals surface area (Å²) in [6, 6.07) is 5.90. The number of aliphatic hydroxyl groups is 1. The fraction of sp³-hybridized carbons (Fsp3) is 0.588. The van der Waals surface area contributed by atoms with Crippen molar-refractivity contribution in [3.8, 4) is 0 Å². The number of halogens is 1. The van der Waals surface area contributed by atoms with Crippen LogP contribution in [0.4, 0.5) is 4.39 Å². The second-order valence-corrected chi connectivity index (χ2v) is 6.55. The van der Waals surface area contributed by atoms with Gasteiger partial charge in [0, 0.05) is 38.3 Å². The van der Waals surface area contributed by atoms with Gasteiger partial charge in [-0.2, -0.15) is 0 Å². The highest BCUT2D eigenvalue weighted by Crippen LogP contribution is 2.33. The Hall–Kier alpha value is -1.46. The Balaban J connectivity index is 1.68. The molecule has 1 aromatic rings. The maximum absolute atomic E-state index is 13.0. The van der Waals surface area contributed by atoms with Gasteiger partial charge in [-0.05, 0) is 43.0 Å². The number of likely N-dealkylation sites (N-methyl/N-ethyl adjacent to an activating group) is 1.